The maximum atomic E-state index is 11.0. The maximum absolute atomic E-state index is 11.0. The Bertz CT molecular complexity index is 318. The Balaban J connectivity index is 0.00000225. The van der Waals surface area contributed by atoms with Gasteiger partial charge in [-0.25, -0.2) is 4.79 Å². The maximum Gasteiger partial charge on any atom is 0.336 e. The van der Waals surface area contributed by atoms with Crippen LogP contribution in [0.5, 0.6) is 0 Å². The van der Waals surface area contributed by atoms with Crippen LogP contribution in [-0.2, 0) is 16.0 Å². The Morgan fingerprint density at radius 3 is 2.50 bits per heavy atom. The van der Waals surface area contributed by atoms with Gasteiger partial charge in [-0.05, 0) is 12.0 Å². The second-order valence-corrected chi connectivity index (χ2v) is 3.32. The van der Waals surface area contributed by atoms with E-state index >= 15 is 0 Å². The predicted molar refractivity (Wildman–Crippen MR) is 63.4 cm³/mol. The lowest BCUT2D eigenvalue weighted by Gasteiger charge is -2.16. The van der Waals surface area contributed by atoms with Crippen LogP contribution in [0.1, 0.15) is 5.56 Å². The highest BCUT2D eigenvalue weighted by Gasteiger charge is 2.23. The van der Waals surface area contributed by atoms with Crippen molar-refractivity contribution in [1.29, 1.82) is 0 Å². The molecule has 16 heavy (non-hydrogen) atoms. The van der Waals surface area contributed by atoms with E-state index in [9.17, 15) is 9.90 Å². The largest absolute Gasteiger partial charge is 0.467 e. The number of hydrogen-bond donors (Lipinski definition) is 2. The van der Waals surface area contributed by atoms with Gasteiger partial charge in [-0.3, -0.25) is 0 Å². The normalized spacial score (nSPS) is 13.4. The minimum atomic E-state index is -1.27. The molecule has 1 rings (SSSR count). The molecule has 0 heterocycles. The molecule has 0 bridgehead atoms. The number of benzene rings is 1. The van der Waals surface area contributed by atoms with Gasteiger partial charge in [-0.15, -0.1) is 12.4 Å². The number of hydrogen-bond acceptors (Lipinski definition) is 4. The third kappa shape index (κ3) is 4.18. The SMILES string of the molecule is COC(=O)[C@H](O)[C@@H](N)Cc1ccccc1.Cl. The van der Waals surface area contributed by atoms with E-state index in [0.29, 0.717) is 6.42 Å². The van der Waals surface area contributed by atoms with Gasteiger partial charge < -0.3 is 15.6 Å². The van der Waals surface area contributed by atoms with Crippen LogP contribution in [0.15, 0.2) is 30.3 Å². The van der Waals surface area contributed by atoms with Gasteiger partial charge in [0.25, 0.3) is 0 Å². The first-order valence-corrected chi connectivity index (χ1v) is 4.70. The Morgan fingerprint density at radius 1 is 1.44 bits per heavy atom. The van der Waals surface area contributed by atoms with E-state index < -0.39 is 18.1 Å². The molecule has 4 nitrogen and oxygen atoms in total. The number of carbonyl (C=O) groups is 1. The summed E-state index contributed by atoms with van der Waals surface area (Å²) in [5, 5.41) is 9.45. The van der Waals surface area contributed by atoms with E-state index in [1.807, 2.05) is 30.3 Å². The van der Waals surface area contributed by atoms with Crippen LogP contribution < -0.4 is 5.73 Å². The fraction of sp³-hybridized carbons (Fsp3) is 0.364. The van der Waals surface area contributed by atoms with Crippen molar-refractivity contribution in [2.24, 2.45) is 5.73 Å². The number of aliphatic hydroxyl groups is 1. The second-order valence-electron chi connectivity index (χ2n) is 3.32. The molecular formula is C11H16ClNO3. The highest BCUT2D eigenvalue weighted by atomic mass is 35.5. The Labute approximate surface area is 101 Å². The summed E-state index contributed by atoms with van der Waals surface area (Å²) in [7, 11) is 1.22. The standard InChI is InChI=1S/C11H15NO3.ClH/c1-15-11(14)10(13)9(12)7-8-5-3-2-4-6-8;/h2-6,9-10,13H,7,12H2,1H3;1H/t9-,10+;/m0./s1. The number of carbonyl (C=O) groups excluding carboxylic acids is 1. The van der Waals surface area contributed by atoms with Crippen LogP contribution in [0.4, 0.5) is 0 Å². The van der Waals surface area contributed by atoms with E-state index in [-0.39, 0.29) is 12.4 Å². The molecule has 0 aliphatic heterocycles. The van der Waals surface area contributed by atoms with Crippen molar-refractivity contribution in [3.05, 3.63) is 35.9 Å². The molecular weight excluding hydrogens is 230 g/mol. The van der Waals surface area contributed by atoms with E-state index in [1.165, 1.54) is 7.11 Å². The lowest BCUT2D eigenvalue weighted by Crippen LogP contribution is -2.42. The van der Waals surface area contributed by atoms with Gasteiger partial charge in [-0.2, -0.15) is 0 Å². The highest BCUT2D eigenvalue weighted by molar-refractivity contribution is 5.85. The number of ether oxygens (including phenoxy) is 1. The van der Waals surface area contributed by atoms with Gasteiger partial charge in [-0.1, -0.05) is 30.3 Å². The third-order valence-corrected chi connectivity index (χ3v) is 2.16. The van der Waals surface area contributed by atoms with Crippen molar-refractivity contribution in [3.63, 3.8) is 0 Å². The molecule has 5 heteroatoms. The summed E-state index contributed by atoms with van der Waals surface area (Å²) < 4.78 is 4.40. The van der Waals surface area contributed by atoms with Gasteiger partial charge in [0, 0.05) is 6.04 Å². The summed E-state index contributed by atoms with van der Waals surface area (Å²) in [4.78, 5) is 11.0. The quantitative estimate of drug-likeness (QED) is 0.759. The number of esters is 1. The average molecular weight is 246 g/mol. The number of aliphatic hydroxyl groups excluding tert-OH is 1. The number of nitrogens with two attached hydrogens (primary N) is 1. The third-order valence-electron chi connectivity index (χ3n) is 2.16. The molecule has 1 aromatic rings. The first-order valence-electron chi connectivity index (χ1n) is 4.70. The molecule has 0 aliphatic rings. The molecule has 3 N–H and O–H groups in total. The lowest BCUT2D eigenvalue weighted by atomic mass is 10.0. The first-order chi connectivity index (χ1) is 7.15. The van der Waals surface area contributed by atoms with Crippen molar-refractivity contribution < 1.29 is 14.6 Å². The Morgan fingerprint density at radius 2 is 2.00 bits per heavy atom. The smallest absolute Gasteiger partial charge is 0.336 e. The van der Waals surface area contributed by atoms with Crippen molar-refractivity contribution >= 4 is 18.4 Å². The fourth-order valence-electron chi connectivity index (χ4n) is 1.29. The molecule has 2 atom stereocenters. The van der Waals surface area contributed by atoms with Gasteiger partial charge in [0.05, 0.1) is 7.11 Å². The monoisotopic (exact) mass is 245 g/mol. The molecule has 0 unspecified atom stereocenters. The molecule has 0 aromatic heterocycles. The number of halogens is 1. The van der Waals surface area contributed by atoms with Crippen molar-refractivity contribution in [3.8, 4) is 0 Å². The highest BCUT2D eigenvalue weighted by Crippen LogP contribution is 2.05. The van der Waals surface area contributed by atoms with Crippen molar-refractivity contribution in [2.75, 3.05) is 7.11 Å². The van der Waals surface area contributed by atoms with Crippen LogP contribution in [-0.4, -0.2) is 30.3 Å². The minimum Gasteiger partial charge on any atom is -0.467 e. The molecule has 0 amide bonds. The Kier molecular flexibility index (Phi) is 6.72. The average Bonchev–Trinajstić information content (AvgIpc) is 2.28. The summed E-state index contributed by atoms with van der Waals surface area (Å²) in [6.45, 7) is 0. The van der Waals surface area contributed by atoms with Crippen LogP contribution in [0.3, 0.4) is 0 Å². The van der Waals surface area contributed by atoms with Gasteiger partial charge >= 0.3 is 5.97 Å². The van der Waals surface area contributed by atoms with E-state index in [1.54, 1.807) is 0 Å². The molecule has 0 fully saturated rings. The summed E-state index contributed by atoms with van der Waals surface area (Å²) in [6.07, 6.45) is -0.827. The zero-order valence-electron chi connectivity index (χ0n) is 9.00. The zero-order valence-corrected chi connectivity index (χ0v) is 9.81. The first kappa shape index (κ1) is 14.9. The molecule has 1 aromatic carbocycles. The second kappa shape index (κ2) is 7.22. The van der Waals surface area contributed by atoms with Gasteiger partial charge in [0.1, 0.15) is 0 Å². The summed E-state index contributed by atoms with van der Waals surface area (Å²) in [6, 6.07) is 8.80. The van der Waals surface area contributed by atoms with E-state index in [4.69, 9.17) is 5.73 Å². The van der Waals surface area contributed by atoms with Crippen molar-refractivity contribution in [2.45, 2.75) is 18.6 Å². The summed E-state index contributed by atoms with van der Waals surface area (Å²) >= 11 is 0. The zero-order chi connectivity index (χ0) is 11.3. The lowest BCUT2D eigenvalue weighted by molar-refractivity contribution is -0.151. The molecule has 0 saturated carbocycles. The van der Waals surface area contributed by atoms with Crippen molar-refractivity contribution in [1.82, 2.24) is 0 Å². The minimum absolute atomic E-state index is 0. The van der Waals surface area contributed by atoms with Gasteiger partial charge in [0.2, 0.25) is 0 Å². The number of rotatable bonds is 4. The fourth-order valence-corrected chi connectivity index (χ4v) is 1.29. The topological polar surface area (TPSA) is 72.5 Å². The van der Waals surface area contributed by atoms with Gasteiger partial charge in [0.15, 0.2) is 6.10 Å². The molecule has 0 saturated heterocycles. The van der Waals surface area contributed by atoms with Crippen LogP contribution in [0, 0.1) is 0 Å². The molecule has 0 spiro atoms. The number of methoxy groups -OCH3 is 1. The van der Waals surface area contributed by atoms with E-state index in [2.05, 4.69) is 4.74 Å². The molecule has 90 valence electrons. The van der Waals surface area contributed by atoms with Crippen LogP contribution in [0.2, 0.25) is 0 Å². The van der Waals surface area contributed by atoms with Crippen LogP contribution in [0.25, 0.3) is 0 Å². The predicted octanol–water partition coefficient (Wildman–Crippen LogP) is 0.512. The molecule has 0 aliphatic carbocycles. The molecule has 0 radical (unpaired) electrons. The Hall–Kier alpha value is -1.10. The van der Waals surface area contributed by atoms with E-state index in [0.717, 1.165) is 5.56 Å². The van der Waals surface area contributed by atoms with Crippen LogP contribution >= 0.6 is 12.4 Å². The summed E-state index contributed by atoms with van der Waals surface area (Å²) in [5.41, 5.74) is 6.65. The summed E-state index contributed by atoms with van der Waals surface area (Å²) in [5.74, 6) is -0.696.